The van der Waals surface area contributed by atoms with Crippen molar-refractivity contribution in [1.29, 1.82) is 0 Å². The highest BCUT2D eigenvalue weighted by atomic mass is 32.1. The minimum Gasteiger partial charge on any atom is -0.381 e. The zero-order valence-corrected chi connectivity index (χ0v) is 17.8. The Morgan fingerprint density at radius 1 is 1.25 bits per heavy atom. The van der Waals surface area contributed by atoms with E-state index in [1.54, 1.807) is 0 Å². The molecule has 28 heavy (non-hydrogen) atoms. The second-order valence-electron chi connectivity index (χ2n) is 6.16. The molecule has 0 unspecified atom stereocenters. The van der Waals surface area contributed by atoms with E-state index in [4.69, 9.17) is 10.5 Å². The number of aldehydes is 1. The van der Waals surface area contributed by atoms with Crippen LogP contribution in [-0.2, 0) is 9.53 Å². The van der Waals surface area contributed by atoms with Gasteiger partial charge in [0.1, 0.15) is 0 Å². The monoisotopic (exact) mass is 407 g/mol. The quantitative estimate of drug-likeness (QED) is 0.538. The van der Waals surface area contributed by atoms with Crippen molar-refractivity contribution in [3.8, 4) is 0 Å². The first-order valence-electron chi connectivity index (χ1n) is 10.1. The zero-order chi connectivity index (χ0) is 20.6. The smallest absolute Gasteiger partial charge is 0.223 e. The van der Waals surface area contributed by atoms with E-state index in [1.165, 1.54) is 11.3 Å². The number of nitrogens with zero attached hydrogens (tertiary/aromatic N) is 1. The van der Waals surface area contributed by atoms with Crippen LogP contribution in [0.15, 0.2) is 24.3 Å². The maximum atomic E-state index is 11.6. The number of fused-ring (bicyclic) bond motifs is 1. The number of rotatable bonds is 7. The second kappa shape index (κ2) is 15.1. The summed E-state index contributed by atoms with van der Waals surface area (Å²) in [4.78, 5) is 26.0. The van der Waals surface area contributed by atoms with Gasteiger partial charge in [0.05, 0.1) is 10.2 Å². The Hall–Kier alpha value is -1.83. The second-order valence-corrected chi connectivity index (χ2v) is 7.23. The number of para-hydroxylation sites is 1. The number of aromatic nitrogens is 1. The van der Waals surface area contributed by atoms with Crippen LogP contribution in [0.5, 0.6) is 0 Å². The van der Waals surface area contributed by atoms with Crippen LogP contribution in [0.4, 0.5) is 0 Å². The Balaban J connectivity index is 0.000000266. The topological polar surface area (TPSA) is 94.3 Å². The molecular weight excluding hydrogens is 374 g/mol. The van der Waals surface area contributed by atoms with Gasteiger partial charge < -0.3 is 15.8 Å². The molecule has 3 N–H and O–H groups in total. The van der Waals surface area contributed by atoms with Gasteiger partial charge in [-0.25, -0.2) is 4.98 Å². The van der Waals surface area contributed by atoms with Gasteiger partial charge in [-0.1, -0.05) is 32.4 Å². The summed E-state index contributed by atoms with van der Waals surface area (Å²) in [7, 11) is 0. The van der Waals surface area contributed by atoms with Crippen LogP contribution in [0, 0.1) is 5.92 Å². The Labute approximate surface area is 171 Å². The lowest BCUT2D eigenvalue weighted by Gasteiger charge is -2.21. The molecule has 0 aliphatic carbocycles. The van der Waals surface area contributed by atoms with Crippen LogP contribution >= 0.6 is 11.3 Å². The first-order valence-corrected chi connectivity index (χ1v) is 10.9. The van der Waals surface area contributed by atoms with Gasteiger partial charge in [-0.15, -0.1) is 11.3 Å². The predicted octanol–water partition coefficient (Wildman–Crippen LogP) is 3.79. The molecule has 0 atom stereocenters. The molecule has 3 rings (SSSR count). The standard InChI is InChI=1S/C11H22N2O2.C8H5NOS.C2H6/c12-6-2-1-3-7-13-11(14)10-4-8-15-9-5-10;10-5-8-9-6-3-1-2-4-7(6)11-8;1-2/h10H,1-9,12H2,(H,13,14);1-5H;1-2H3. The summed E-state index contributed by atoms with van der Waals surface area (Å²) in [6.45, 7) is 6.99. The molecular formula is C21H33N3O3S. The molecule has 0 bridgehead atoms. The summed E-state index contributed by atoms with van der Waals surface area (Å²) >= 11 is 1.42. The number of hydrogen-bond donors (Lipinski definition) is 2. The average Bonchev–Trinajstić information content (AvgIpc) is 3.19. The average molecular weight is 408 g/mol. The van der Waals surface area contributed by atoms with Gasteiger partial charge in [0.25, 0.3) is 0 Å². The van der Waals surface area contributed by atoms with E-state index in [2.05, 4.69) is 10.3 Å². The molecule has 0 saturated carbocycles. The van der Waals surface area contributed by atoms with Crippen LogP contribution in [0.1, 0.15) is 55.8 Å². The van der Waals surface area contributed by atoms with Crippen molar-refractivity contribution < 1.29 is 14.3 Å². The summed E-state index contributed by atoms with van der Waals surface area (Å²) in [5.41, 5.74) is 6.29. The molecule has 156 valence electrons. The fourth-order valence-corrected chi connectivity index (χ4v) is 3.48. The van der Waals surface area contributed by atoms with Gasteiger partial charge in [0.15, 0.2) is 11.3 Å². The Bertz CT molecular complexity index is 651. The molecule has 7 heteroatoms. The van der Waals surface area contributed by atoms with E-state index in [1.807, 2.05) is 38.1 Å². The van der Waals surface area contributed by atoms with Gasteiger partial charge >= 0.3 is 0 Å². The predicted molar refractivity (Wildman–Crippen MR) is 116 cm³/mol. The lowest BCUT2D eigenvalue weighted by molar-refractivity contribution is -0.127. The number of benzene rings is 1. The Morgan fingerprint density at radius 3 is 2.61 bits per heavy atom. The molecule has 1 aliphatic rings. The van der Waals surface area contributed by atoms with Crippen LogP contribution < -0.4 is 11.1 Å². The van der Waals surface area contributed by atoms with Crippen LogP contribution in [0.25, 0.3) is 10.2 Å². The van der Waals surface area contributed by atoms with Crippen molar-refractivity contribution in [3.63, 3.8) is 0 Å². The molecule has 1 amide bonds. The molecule has 0 spiro atoms. The summed E-state index contributed by atoms with van der Waals surface area (Å²) in [5.74, 6) is 0.374. The van der Waals surface area contributed by atoms with E-state index in [-0.39, 0.29) is 11.8 Å². The molecule has 2 heterocycles. The largest absolute Gasteiger partial charge is 0.381 e. The van der Waals surface area contributed by atoms with Crippen molar-refractivity contribution in [2.24, 2.45) is 11.7 Å². The van der Waals surface area contributed by atoms with Gasteiger partial charge in [-0.2, -0.15) is 0 Å². The van der Waals surface area contributed by atoms with Crippen molar-refractivity contribution in [1.82, 2.24) is 10.3 Å². The van der Waals surface area contributed by atoms with Gasteiger partial charge in [0, 0.05) is 25.7 Å². The SMILES string of the molecule is CC.NCCCCCNC(=O)C1CCOCC1.O=Cc1nc2ccccc2s1. The molecule has 1 aromatic heterocycles. The number of unbranched alkanes of at least 4 members (excludes halogenated alkanes) is 2. The summed E-state index contributed by atoms with van der Waals surface area (Å²) in [6, 6.07) is 7.71. The normalized spacial score (nSPS) is 13.7. The van der Waals surface area contributed by atoms with Crippen molar-refractivity contribution in [2.45, 2.75) is 46.0 Å². The van der Waals surface area contributed by atoms with Gasteiger partial charge in [-0.05, 0) is 44.4 Å². The molecule has 2 aromatic rings. The van der Waals surface area contributed by atoms with E-state index in [0.717, 1.165) is 74.9 Å². The highest BCUT2D eigenvalue weighted by Crippen LogP contribution is 2.19. The molecule has 1 aromatic carbocycles. The van der Waals surface area contributed by atoms with Gasteiger partial charge in [-0.3, -0.25) is 9.59 Å². The van der Waals surface area contributed by atoms with E-state index in [9.17, 15) is 9.59 Å². The van der Waals surface area contributed by atoms with Crippen LogP contribution in [0.3, 0.4) is 0 Å². The number of nitrogens with two attached hydrogens (primary N) is 1. The zero-order valence-electron chi connectivity index (χ0n) is 17.0. The van der Waals surface area contributed by atoms with Crippen molar-refractivity contribution in [2.75, 3.05) is 26.3 Å². The summed E-state index contributed by atoms with van der Waals surface area (Å²) < 4.78 is 6.28. The Morgan fingerprint density at radius 2 is 1.96 bits per heavy atom. The third-order valence-corrected chi connectivity index (χ3v) is 5.15. The fraction of sp³-hybridized carbons (Fsp3) is 0.571. The maximum absolute atomic E-state index is 11.6. The third kappa shape index (κ3) is 8.91. The summed E-state index contributed by atoms with van der Waals surface area (Å²) in [6.07, 6.45) is 5.71. The minimum absolute atomic E-state index is 0.174. The Kier molecular flexibility index (Phi) is 13.1. The van der Waals surface area contributed by atoms with Crippen LogP contribution in [0.2, 0.25) is 0 Å². The molecule has 1 fully saturated rings. The first kappa shape index (κ1) is 24.2. The number of ether oxygens (including phenoxy) is 1. The van der Waals surface area contributed by atoms with E-state index < -0.39 is 0 Å². The number of hydrogen-bond acceptors (Lipinski definition) is 6. The number of carbonyl (C=O) groups excluding carboxylic acids is 2. The van der Waals surface area contributed by atoms with Crippen molar-refractivity contribution >= 4 is 33.7 Å². The maximum Gasteiger partial charge on any atom is 0.223 e. The molecule has 1 saturated heterocycles. The highest BCUT2D eigenvalue weighted by molar-refractivity contribution is 7.19. The lowest BCUT2D eigenvalue weighted by atomic mass is 9.99. The summed E-state index contributed by atoms with van der Waals surface area (Å²) in [5, 5.41) is 3.52. The number of thiazole rings is 1. The molecule has 6 nitrogen and oxygen atoms in total. The lowest BCUT2D eigenvalue weighted by Crippen LogP contribution is -2.34. The third-order valence-electron chi connectivity index (χ3n) is 4.18. The van der Waals surface area contributed by atoms with E-state index in [0.29, 0.717) is 5.01 Å². The highest BCUT2D eigenvalue weighted by Gasteiger charge is 2.20. The first-order chi connectivity index (χ1) is 13.7. The van der Waals surface area contributed by atoms with E-state index >= 15 is 0 Å². The molecule has 1 aliphatic heterocycles. The number of amides is 1. The van der Waals surface area contributed by atoms with Gasteiger partial charge in [0.2, 0.25) is 5.91 Å². The fourth-order valence-electron chi connectivity index (χ4n) is 2.70. The van der Waals surface area contributed by atoms with Crippen LogP contribution in [-0.4, -0.2) is 43.5 Å². The number of nitrogens with one attached hydrogen (secondary N) is 1. The number of carbonyl (C=O) groups is 2. The minimum atomic E-state index is 0.174. The molecule has 0 radical (unpaired) electrons. The van der Waals surface area contributed by atoms with Crippen molar-refractivity contribution in [3.05, 3.63) is 29.3 Å².